The molecule has 0 radical (unpaired) electrons. The fourth-order valence-corrected chi connectivity index (χ4v) is 4.29. The van der Waals surface area contributed by atoms with Gasteiger partial charge in [0.1, 0.15) is 12.2 Å². The van der Waals surface area contributed by atoms with Crippen LogP contribution in [0.5, 0.6) is 0 Å². The maximum absolute atomic E-state index is 15.5. The van der Waals surface area contributed by atoms with Gasteiger partial charge >= 0.3 is 11.9 Å². The van der Waals surface area contributed by atoms with Gasteiger partial charge in [-0.15, -0.1) is 0 Å². The number of hydrogen-bond acceptors (Lipinski definition) is 5. The van der Waals surface area contributed by atoms with Crippen LogP contribution in [0.2, 0.25) is 10.0 Å². The molecule has 6 nitrogen and oxygen atoms in total. The van der Waals surface area contributed by atoms with Crippen molar-refractivity contribution >= 4 is 35.1 Å². The average Bonchev–Trinajstić information content (AvgIpc) is 2.92. The standard InChI is InChI=1S/C17H18Cl2FNO5/c18-11-3-1-9(7-12(11)19)8-26-17-10(14(22)23)2-4-13(17)16(17,20)15(24)25-6-5-21/h1,3,7,10,13H,2,4-6,8,21H2,(H,22,23). The van der Waals surface area contributed by atoms with E-state index in [1.165, 1.54) is 0 Å². The second-order valence-electron chi connectivity index (χ2n) is 6.49. The zero-order chi connectivity index (χ0) is 19.1. The van der Waals surface area contributed by atoms with E-state index in [1.807, 2.05) is 0 Å². The Morgan fingerprint density at radius 1 is 1.31 bits per heavy atom. The number of fused-ring (bicyclic) bond motifs is 1. The van der Waals surface area contributed by atoms with Crippen LogP contribution in [0.25, 0.3) is 0 Å². The number of carbonyl (C=O) groups excluding carboxylic acids is 1. The molecule has 0 saturated heterocycles. The summed E-state index contributed by atoms with van der Waals surface area (Å²) in [7, 11) is 0. The molecule has 4 unspecified atom stereocenters. The van der Waals surface area contributed by atoms with Gasteiger partial charge in [-0.25, -0.2) is 9.18 Å². The quantitative estimate of drug-likeness (QED) is 0.676. The van der Waals surface area contributed by atoms with E-state index in [-0.39, 0.29) is 32.6 Å². The fraction of sp³-hybridized carbons (Fsp3) is 0.529. The lowest BCUT2D eigenvalue weighted by atomic mass is 9.95. The fourth-order valence-electron chi connectivity index (χ4n) is 3.97. The first-order valence-electron chi connectivity index (χ1n) is 8.16. The summed E-state index contributed by atoms with van der Waals surface area (Å²) in [5.41, 5.74) is 1.64. The predicted octanol–water partition coefficient (Wildman–Crippen LogP) is 2.58. The van der Waals surface area contributed by atoms with Crippen molar-refractivity contribution in [1.82, 2.24) is 0 Å². The lowest BCUT2D eigenvalue weighted by Gasteiger charge is -2.24. The lowest BCUT2D eigenvalue weighted by molar-refractivity contribution is -0.164. The highest BCUT2D eigenvalue weighted by Crippen LogP contribution is 2.71. The van der Waals surface area contributed by atoms with Crippen LogP contribution in [0, 0.1) is 11.8 Å². The Balaban J connectivity index is 1.84. The van der Waals surface area contributed by atoms with Crippen LogP contribution in [0.3, 0.4) is 0 Å². The van der Waals surface area contributed by atoms with Gasteiger partial charge in [0.05, 0.1) is 22.6 Å². The maximum Gasteiger partial charge on any atom is 0.347 e. The molecule has 0 amide bonds. The van der Waals surface area contributed by atoms with Crippen molar-refractivity contribution in [1.29, 1.82) is 0 Å². The van der Waals surface area contributed by atoms with Gasteiger partial charge in [-0.2, -0.15) is 0 Å². The van der Waals surface area contributed by atoms with Gasteiger partial charge in [0, 0.05) is 12.5 Å². The SMILES string of the molecule is NCCOC(=O)C1(F)C2CCC(C(=O)O)C21OCc1ccc(Cl)c(Cl)c1. The number of halogens is 3. The third kappa shape index (κ3) is 2.78. The Morgan fingerprint density at radius 2 is 2.04 bits per heavy atom. The van der Waals surface area contributed by atoms with Gasteiger partial charge in [0.15, 0.2) is 0 Å². The van der Waals surface area contributed by atoms with Crippen molar-refractivity contribution in [3.63, 3.8) is 0 Å². The summed E-state index contributed by atoms with van der Waals surface area (Å²) in [5, 5.41) is 10.1. The number of carboxylic acid groups (broad SMARTS) is 1. The van der Waals surface area contributed by atoms with E-state index in [4.69, 9.17) is 38.4 Å². The molecule has 1 aromatic rings. The van der Waals surface area contributed by atoms with E-state index in [0.29, 0.717) is 15.6 Å². The Bertz CT molecular complexity index is 748. The highest BCUT2D eigenvalue weighted by atomic mass is 35.5. The molecule has 0 bridgehead atoms. The highest BCUT2D eigenvalue weighted by Gasteiger charge is 2.90. The van der Waals surface area contributed by atoms with E-state index < -0.39 is 35.0 Å². The Kier molecular flexibility index (Phi) is 5.18. The first kappa shape index (κ1) is 19.4. The summed E-state index contributed by atoms with van der Waals surface area (Å²) in [5.74, 6) is -4.31. The third-order valence-electron chi connectivity index (χ3n) is 5.15. The minimum absolute atomic E-state index is 0.0476. The number of carbonyl (C=O) groups is 2. The topological polar surface area (TPSA) is 98.9 Å². The van der Waals surface area contributed by atoms with Crippen molar-refractivity contribution in [2.24, 2.45) is 17.6 Å². The molecule has 3 rings (SSSR count). The number of aliphatic carboxylic acids is 1. The molecule has 0 aliphatic heterocycles. The van der Waals surface area contributed by atoms with Gasteiger partial charge in [-0.05, 0) is 30.5 Å². The Morgan fingerprint density at radius 3 is 2.65 bits per heavy atom. The highest BCUT2D eigenvalue weighted by molar-refractivity contribution is 6.42. The number of rotatable bonds is 7. The average molecular weight is 406 g/mol. The van der Waals surface area contributed by atoms with Crippen LogP contribution >= 0.6 is 23.2 Å². The van der Waals surface area contributed by atoms with Crippen LogP contribution < -0.4 is 5.73 Å². The second-order valence-corrected chi connectivity index (χ2v) is 7.30. The van der Waals surface area contributed by atoms with Gasteiger partial charge in [0.2, 0.25) is 5.67 Å². The van der Waals surface area contributed by atoms with Gasteiger partial charge < -0.3 is 20.3 Å². The molecule has 9 heteroatoms. The van der Waals surface area contributed by atoms with Crippen LogP contribution in [0.1, 0.15) is 18.4 Å². The molecule has 2 aliphatic rings. The van der Waals surface area contributed by atoms with Crippen molar-refractivity contribution in [2.45, 2.75) is 30.7 Å². The molecular weight excluding hydrogens is 388 g/mol. The molecule has 4 atom stereocenters. The molecular formula is C17H18Cl2FNO5. The number of nitrogens with two attached hydrogens (primary N) is 1. The molecule has 3 N–H and O–H groups in total. The van der Waals surface area contributed by atoms with Crippen LogP contribution in [0.4, 0.5) is 4.39 Å². The van der Waals surface area contributed by atoms with Crippen LogP contribution in [-0.4, -0.2) is 41.5 Å². The second kappa shape index (κ2) is 6.96. The number of esters is 1. The van der Waals surface area contributed by atoms with Gasteiger partial charge in [-0.1, -0.05) is 29.3 Å². The summed E-state index contributed by atoms with van der Waals surface area (Å²) in [6, 6.07) is 4.75. The van der Waals surface area contributed by atoms with E-state index in [1.54, 1.807) is 18.2 Å². The number of ether oxygens (including phenoxy) is 2. The molecule has 142 valence electrons. The van der Waals surface area contributed by atoms with Crippen LogP contribution in [0.15, 0.2) is 18.2 Å². The molecule has 0 aromatic heterocycles. The molecule has 2 aliphatic carbocycles. The van der Waals surface area contributed by atoms with Gasteiger partial charge in [0.25, 0.3) is 0 Å². The number of benzene rings is 1. The van der Waals surface area contributed by atoms with E-state index >= 15 is 4.39 Å². The zero-order valence-electron chi connectivity index (χ0n) is 13.7. The Hall–Kier alpha value is -1.41. The Labute approximate surface area is 159 Å². The number of alkyl halides is 1. The number of carboxylic acids is 1. The minimum Gasteiger partial charge on any atom is -0.481 e. The third-order valence-corrected chi connectivity index (χ3v) is 5.89. The van der Waals surface area contributed by atoms with Gasteiger partial charge in [-0.3, -0.25) is 4.79 Å². The molecule has 0 heterocycles. The predicted molar refractivity (Wildman–Crippen MR) is 91.7 cm³/mol. The number of hydrogen-bond donors (Lipinski definition) is 2. The monoisotopic (exact) mass is 405 g/mol. The summed E-state index contributed by atoms with van der Waals surface area (Å²) < 4.78 is 26.1. The van der Waals surface area contributed by atoms with Crippen molar-refractivity contribution in [3.8, 4) is 0 Å². The molecule has 1 aromatic carbocycles. The zero-order valence-corrected chi connectivity index (χ0v) is 15.2. The lowest BCUT2D eigenvalue weighted by Crippen LogP contribution is -2.42. The summed E-state index contributed by atoms with van der Waals surface area (Å²) in [6.07, 6.45) is 0.462. The molecule has 2 saturated carbocycles. The first-order chi connectivity index (χ1) is 12.3. The molecule has 2 fully saturated rings. The normalized spacial score (nSPS) is 32.2. The summed E-state index contributed by atoms with van der Waals surface area (Å²) in [4.78, 5) is 23.8. The van der Waals surface area contributed by atoms with E-state index in [0.717, 1.165) is 0 Å². The van der Waals surface area contributed by atoms with Crippen molar-refractivity contribution < 1.29 is 28.6 Å². The van der Waals surface area contributed by atoms with E-state index in [2.05, 4.69) is 0 Å². The van der Waals surface area contributed by atoms with E-state index in [9.17, 15) is 14.7 Å². The first-order valence-corrected chi connectivity index (χ1v) is 8.91. The molecule has 26 heavy (non-hydrogen) atoms. The molecule has 0 spiro atoms. The smallest absolute Gasteiger partial charge is 0.347 e. The maximum atomic E-state index is 15.5. The van der Waals surface area contributed by atoms with Crippen molar-refractivity contribution in [3.05, 3.63) is 33.8 Å². The van der Waals surface area contributed by atoms with Crippen molar-refractivity contribution in [2.75, 3.05) is 13.2 Å². The summed E-state index contributed by atoms with van der Waals surface area (Å²) >= 11 is 11.8. The largest absolute Gasteiger partial charge is 0.481 e. The van der Waals surface area contributed by atoms with Crippen LogP contribution in [-0.2, 0) is 25.7 Å². The summed E-state index contributed by atoms with van der Waals surface area (Å²) in [6.45, 7) is -0.198. The minimum atomic E-state index is -2.49.